The predicted octanol–water partition coefficient (Wildman–Crippen LogP) is 6.41. The van der Waals surface area contributed by atoms with Crippen LogP contribution in [0.5, 0.6) is 0 Å². The molecule has 118 valence electrons. The highest BCUT2D eigenvalue weighted by molar-refractivity contribution is 5.64. The maximum absolute atomic E-state index is 2.52. The summed E-state index contributed by atoms with van der Waals surface area (Å²) >= 11 is 0. The predicted molar refractivity (Wildman–Crippen MR) is 98.1 cm³/mol. The van der Waals surface area contributed by atoms with E-state index in [2.05, 4.69) is 81.1 Å². The normalized spacial score (nSPS) is 12.2. The highest BCUT2D eigenvalue weighted by Crippen LogP contribution is 2.31. The van der Waals surface area contributed by atoms with Crippen LogP contribution in [0, 0.1) is 13.8 Å². The van der Waals surface area contributed by atoms with E-state index in [4.69, 9.17) is 0 Å². The van der Waals surface area contributed by atoms with Crippen molar-refractivity contribution in [3.63, 3.8) is 0 Å². The highest BCUT2D eigenvalue weighted by atomic mass is 15.2. The van der Waals surface area contributed by atoms with Crippen molar-refractivity contribution in [2.75, 3.05) is 4.90 Å². The van der Waals surface area contributed by atoms with E-state index >= 15 is 0 Å². The number of hydrogen-bond donors (Lipinski definition) is 0. The van der Waals surface area contributed by atoms with Crippen molar-refractivity contribution >= 4 is 11.4 Å². The third-order valence-corrected chi connectivity index (χ3v) is 4.35. The van der Waals surface area contributed by atoms with Gasteiger partial charge in [0.05, 0.1) is 0 Å². The molecule has 0 fully saturated rings. The van der Waals surface area contributed by atoms with E-state index in [0.29, 0.717) is 6.04 Å². The van der Waals surface area contributed by atoms with E-state index in [9.17, 15) is 0 Å². The first-order chi connectivity index (χ1) is 10.7. The average Bonchev–Trinajstić information content (AvgIpc) is 2.54. The molecular weight excluding hydrogens is 266 g/mol. The summed E-state index contributed by atoms with van der Waals surface area (Å²) in [5, 5.41) is 0. The Morgan fingerprint density at radius 2 is 1.23 bits per heavy atom. The largest absolute Gasteiger partial charge is 0.338 e. The number of anilines is 2. The van der Waals surface area contributed by atoms with Crippen molar-refractivity contribution in [2.45, 2.75) is 59.4 Å². The molecule has 0 aliphatic carbocycles. The van der Waals surface area contributed by atoms with Gasteiger partial charge in [0.1, 0.15) is 0 Å². The van der Waals surface area contributed by atoms with Gasteiger partial charge in [0.2, 0.25) is 0 Å². The molecule has 1 unspecified atom stereocenters. The monoisotopic (exact) mass is 295 g/mol. The first-order valence-electron chi connectivity index (χ1n) is 8.58. The quantitative estimate of drug-likeness (QED) is 0.570. The maximum Gasteiger partial charge on any atom is 0.0413 e. The van der Waals surface area contributed by atoms with Gasteiger partial charge in [0.25, 0.3) is 0 Å². The van der Waals surface area contributed by atoms with E-state index in [0.717, 1.165) is 0 Å². The fraction of sp³-hybridized carbons (Fsp3) is 0.429. The molecule has 2 aromatic rings. The van der Waals surface area contributed by atoms with E-state index < -0.39 is 0 Å². The summed E-state index contributed by atoms with van der Waals surface area (Å²) in [5.74, 6) is 0. The van der Waals surface area contributed by atoms with E-state index in [1.54, 1.807) is 0 Å². The number of aryl methyl sites for hydroxylation is 2. The van der Waals surface area contributed by atoms with Crippen molar-refractivity contribution in [1.29, 1.82) is 0 Å². The second kappa shape index (κ2) is 8.03. The Hall–Kier alpha value is -1.76. The fourth-order valence-electron chi connectivity index (χ4n) is 2.94. The molecule has 1 heteroatoms. The fourth-order valence-corrected chi connectivity index (χ4v) is 2.94. The lowest BCUT2D eigenvalue weighted by Gasteiger charge is -2.34. The van der Waals surface area contributed by atoms with Gasteiger partial charge in [0, 0.05) is 17.4 Å². The highest BCUT2D eigenvalue weighted by Gasteiger charge is 2.18. The number of benzene rings is 2. The minimum absolute atomic E-state index is 0.561. The van der Waals surface area contributed by atoms with Gasteiger partial charge in [-0.25, -0.2) is 0 Å². The summed E-state index contributed by atoms with van der Waals surface area (Å²) in [5.41, 5.74) is 5.23. The SMILES string of the molecule is CCCCC(CC)N(c1ccc(C)cc1)c1ccc(C)cc1. The molecule has 2 rings (SSSR count). The van der Waals surface area contributed by atoms with Crippen molar-refractivity contribution in [2.24, 2.45) is 0 Å². The summed E-state index contributed by atoms with van der Waals surface area (Å²) in [6, 6.07) is 18.4. The zero-order valence-corrected chi connectivity index (χ0v) is 14.5. The number of unbranched alkanes of at least 4 members (excludes halogenated alkanes) is 1. The Balaban J connectivity index is 2.38. The molecule has 0 spiro atoms. The van der Waals surface area contributed by atoms with E-state index in [1.165, 1.54) is 48.2 Å². The minimum atomic E-state index is 0.561. The molecule has 0 amide bonds. The molecule has 0 radical (unpaired) electrons. The third-order valence-electron chi connectivity index (χ3n) is 4.35. The minimum Gasteiger partial charge on any atom is -0.338 e. The zero-order chi connectivity index (χ0) is 15.9. The molecule has 0 aliphatic rings. The summed E-state index contributed by atoms with van der Waals surface area (Å²) in [4.78, 5) is 2.52. The molecule has 1 atom stereocenters. The third kappa shape index (κ3) is 4.13. The van der Waals surface area contributed by atoms with Gasteiger partial charge in [0.15, 0.2) is 0 Å². The lowest BCUT2D eigenvalue weighted by atomic mass is 10.0. The van der Waals surface area contributed by atoms with Gasteiger partial charge < -0.3 is 4.90 Å². The first-order valence-corrected chi connectivity index (χ1v) is 8.58. The Bertz CT molecular complexity index is 508. The maximum atomic E-state index is 2.52. The number of rotatable bonds is 7. The van der Waals surface area contributed by atoms with Crippen LogP contribution in [0.3, 0.4) is 0 Å². The molecule has 2 aromatic carbocycles. The van der Waals surface area contributed by atoms with Gasteiger partial charge in [-0.2, -0.15) is 0 Å². The molecular formula is C21H29N. The van der Waals surface area contributed by atoms with Crippen molar-refractivity contribution in [3.05, 3.63) is 59.7 Å². The van der Waals surface area contributed by atoms with Crippen molar-refractivity contribution < 1.29 is 0 Å². The average molecular weight is 295 g/mol. The van der Waals surface area contributed by atoms with Crippen LogP contribution in [0.4, 0.5) is 11.4 Å². The van der Waals surface area contributed by atoms with Crippen LogP contribution < -0.4 is 4.90 Å². The molecule has 0 heterocycles. The molecule has 22 heavy (non-hydrogen) atoms. The summed E-state index contributed by atoms with van der Waals surface area (Å²) < 4.78 is 0. The lowest BCUT2D eigenvalue weighted by Crippen LogP contribution is -2.30. The summed E-state index contributed by atoms with van der Waals surface area (Å²) in [6.07, 6.45) is 4.95. The Morgan fingerprint density at radius 1 is 0.773 bits per heavy atom. The lowest BCUT2D eigenvalue weighted by molar-refractivity contribution is 0.551. The number of nitrogens with zero attached hydrogens (tertiary/aromatic N) is 1. The van der Waals surface area contributed by atoms with Crippen molar-refractivity contribution in [1.82, 2.24) is 0 Å². The number of hydrogen-bond acceptors (Lipinski definition) is 1. The molecule has 0 saturated carbocycles. The van der Waals surface area contributed by atoms with Crippen LogP contribution in [0.1, 0.15) is 50.7 Å². The molecule has 0 aromatic heterocycles. The van der Waals surface area contributed by atoms with Gasteiger partial charge >= 0.3 is 0 Å². The van der Waals surface area contributed by atoms with Crippen LogP contribution in [0.15, 0.2) is 48.5 Å². The summed E-state index contributed by atoms with van der Waals surface area (Å²) in [6.45, 7) is 8.87. The second-order valence-electron chi connectivity index (χ2n) is 6.25. The Morgan fingerprint density at radius 3 is 1.59 bits per heavy atom. The molecule has 0 bridgehead atoms. The van der Waals surface area contributed by atoms with Crippen LogP contribution in [0.25, 0.3) is 0 Å². The first kappa shape index (κ1) is 16.6. The smallest absolute Gasteiger partial charge is 0.0413 e. The van der Waals surface area contributed by atoms with Gasteiger partial charge in [-0.1, -0.05) is 62.1 Å². The summed E-state index contributed by atoms with van der Waals surface area (Å²) in [7, 11) is 0. The van der Waals surface area contributed by atoms with Crippen LogP contribution >= 0.6 is 0 Å². The molecule has 1 nitrogen and oxygen atoms in total. The van der Waals surface area contributed by atoms with Crippen LogP contribution in [0.2, 0.25) is 0 Å². The zero-order valence-electron chi connectivity index (χ0n) is 14.5. The topological polar surface area (TPSA) is 3.24 Å². The van der Waals surface area contributed by atoms with Crippen LogP contribution in [-0.4, -0.2) is 6.04 Å². The van der Waals surface area contributed by atoms with E-state index in [-0.39, 0.29) is 0 Å². The second-order valence-corrected chi connectivity index (χ2v) is 6.25. The van der Waals surface area contributed by atoms with Crippen molar-refractivity contribution in [3.8, 4) is 0 Å². The molecule has 0 saturated heterocycles. The van der Waals surface area contributed by atoms with Gasteiger partial charge in [-0.05, 0) is 51.0 Å². The standard InChI is InChI=1S/C21H29N/c1-5-7-8-19(6-2)22(20-13-9-17(3)10-14-20)21-15-11-18(4)12-16-21/h9-16,19H,5-8H2,1-4H3. The van der Waals surface area contributed by atoms with E-state index in [1.807, 2.05) is 0 Å². The Kier molecular flexibility index (Phi) is 6.06. The molecule has 0 N–H and O–H groups in total. The van der Waals surface area contributed by atoms with Crippen LogP contribution in [-0.2, 0) is 0 Å². The van der Waals surface area contributed by atoms with Gasteiger partial charge in [-0.15, -0.1) is 0 Å². The Labute approximate surface area is 136 Å². The van der Waals surface area contributed by atoms with Gasteiger partial charge in [-0.3, -0.25) is 0 Å². The molecule has 0 aliphatic heterocycles.